The summed E-state index contributed by atoms with van der Waals surface area (Å²) in [6.45, 7) is 8.18. The van der Waals surface area contributed by atoms with E-state index in [1.54, 1.807) is 0 Å². The van der Waals surface area contributed by atoms with Crippen LogP contribution in [-0.4, -0.2) is 50.1 Å². The highest BCUT2D eigenvalue weighted by atomic mass is 16.1. The van der Waals surface area contributed by atoms with Gasteiger partial charge in [-0.25, -0.2) is 0 Å². The van der Waals surface area contributed by atoms with Crippen molar-refractivity contribution in [1.29, 1.82) is 0 Å². The Balaban J connectivity index is 2.14. The molecule has 1 aliphatic heterocycles. The highest BCUT2D eigenvalue weighted by Crippen LogP contribution is 2.13. The third-order valence-corrected chi connectivity index (χ3v) is 3.35. The van der Waals surface area contributed by atoms with Crippen LogP contribution in [-0.2, 0) is 4.79 Å². The van der Waals surface area contributed by atoms with Gasteiger partial charge in [-0.2, -0.15) is 0 Å². The molecule has 1 rings (SSSR count). The summed E-state index contributed by atoms with van der Waals surface area (Å²) in [6, 6.07) is 0.272. The second kappa shape index (κ2) is 7.67. The van der Waals surface area contributed by atoms with Gasteiger partial charge in [0.1, 0.15) is 0 Å². The summed E-state index contributed by atoms with van der Waals surface area (Å²) in [5.41, 5.74) is 0. The number of carbonyl (C=O) groups is 1. The van der Waals surface area contributed by atoms with Crippen molar-refractivity contribution in [2.24, 2.45) is 5.92 Å². The van der Waals surface area contributed by atoms with E-state index in [1.165, 1.54) is 19.4 Å². The Labute approximate surface area is 105 Å². The molecule has 2 unspecified atom stereocenters. The van der Waals surface area contributed by atoms with E-state index >= 15 is 0 Å². The van der Waals surface area contributed by atoms with E-state index in [-0.39, 0.29) is 11.9 Å². The van der Waals surface area contributed by atoms with Crippen LogP contribution in [0.1, 0.15) is 33.1 Å². The second-order valence-electron chi connectivity index (χ2n) is 5.24. The van der Waals surface area contributed by atoms with Crippen LogP contribution in [0.15, 0.2) is 0 Å². The summed E-state index contributed by atoms with van der Waals surface area (Å²) in [5.74, 6) is 0.804. The normalized spacial score (nSPS) is 23.4. The Morgan fingerprint density at radius 1 is 1.53 bits per heavy atom. The number of amides is 1. The zero-order valence-electron chi connectivity index (χ0n) is 11.5. The molecule has 100 valence electrons. The van der Waals surface area contributed by atoms with Gasteiger partial charge in [0.2, 0.25) is 5.91 Å². The van der Waals surface area contributed by atoms with Crippen LogP contribution in [0.25, 0.3) is 0 Å². The van der Waals surface area contributed by atoms with E-state index in [9.17, 15) is 4.79 Å². The van der Waals surface area contributed by atoms with E-state index in [1.807, 2.05) is 0 Å². The van der Waals surface area contributed by atoms with E-state index in [4.69, 9.17) is 0 Å². The van der Waals surface area contributed by atoms with E-state index in [0.717, 1.165) is 19.6 Å². The quantitative estimate of drug-likeness (QED) is 0.724. The van der Waals surface area contributed by atoms with Crippen LogP contribution < -0.4 is 10.6 Å². The molecular weight excluding hydrogens is 214 g/mol. The highest BCUT2D eigenvalue weighted by Gasteiger charge is 2.17. The fourth-order valence-electron chi connectivity index (χ4n) is 2.47. The lowest BCUT2D eigenvalue weighted by Gasteiger charge is -2.29. The fraction of sp³-hybridized carbons (Fsp3) is 0.923. The smallest absolute Gasteiger partial charge is 0.221 e. The van der Waals surface area contributed by atoms with Gasteiger partial charge in [0.05, 0.1) is 0 Å². The van der Waals surface area contributed by atoms with E-state index in [2.05, 4.69) is 36.4 Å². The Bertz CT molecular complexity index is 233. The van der Waals surface area contributed by atoms with Gasteiger partial charge in [-0.05, 0) is 45.8 Å². The Morgan fingerprint density at radius 2 is 2.29 bits per heavy atom. The summed E-state index contributed by atoms with van der Waals surface area (Å²) in [7, 11) is 2.15. The molecule has 17 heavy (non-hydrogen) atoms. The summed E-state index contributed by atoms with van der Waals surface area (Å²) >= 11 is 0. The number of nitrogens with one attached hydrogen (secondary N) is 2. The zero-order chi connectivity index (χ0) is 12.7. The van der Waals surface area contributed by atoms with Gasteiger partial charge < -0.3 is 15.5 Å². The predicted octanol–water partition coefficient (Wildman–Crippen LogP) is 0.833. The van der Waals surface area contributed by atoms with Crippen molar-refractivity contribution in [1.82, 2.24) is 15.5 Å². The van der Waals surface area contributed by atoms with Gasteiger partial charge in [-0.1, -0.05) is 6.92 Å². The molecule has 0 aromatic carbocycles. The third-order valence-electron chi connectivity index (χ3n) is 3.35. The van der Waals surface area contributed by atoms with Crippen molar-refractivity contribution >= 4 is 5.91 Å². The SMILES string of the molecule is CCNC(C)CC(=O)NCC1CCCN(C)C1. The van der Waals surface area contributed by atoms with Crippen LogP contribution in [0.4, 0.5) is 0 Å². The molecule has 1 saturated heterocycles. The molecule has 0 bridgehead atoms. The number of hydrogen-bond donors (Lipinski definition) is 2. The molecule has 4 heteroatoms. The molecule has 0 aromatic heterocycles. The summed E-state index contributed by atoms with van der Waals surface area (Å²) in [6.07, 6.45) is 3.08. The topological polar surface area (TPSA) is 44.4 Å². The molecule has 0 saturated carbocycles. The molecule has 0 aliphatic carbocycles. The van der Waals surface area contributed by atoms with Gasteiger partial charge in [0.15, 0.2) is 0 Å². The average molecular weight is 241 g/mol. The zero-order valence-corrected chi connectivity index (χ0v) is 11.5. The summed E-state index contributed by atoms with van der Waals surface area (Å²) < 4.78 is 0. The number of likely N-dealkylation sites (tertiary alicyclic amines) is 1. The van der Waals surface area contributed by atoms with Crippen molar-refractivity contribution in [2.75, 3.05) is 33.2 Å². The van der Waals surface area contributed by atoms with Crippen molar-refractivity contribution < 1.29 is 4.79 Å². The molecular formula is C13H27N3O. The van der Waals surface area contributed by atoms with Gasteiger partial charge in [0.25, 0.3) is 0 Å². The fourth-order valence-corrected chi connectivity index (χ4v) is 2.47. The Hall–Kier alpha value is -0.610. The first-order valence-electron chi connectivity index (χ1n) is 6.80. The average Bonchev–Trinajstić information content (AvgIpc) is 2.27. The van der Waals surface area contributed by atoms with Crippen LogP contribution in [0, 0.1) is 5.92 Å². The van der Waals surface area contributed by atoms with Crippen molar-refractivity contribution in [3.63, 3.8) is 0 Å². The first-order valence-corrected chi connectivity index (χ1v) is 6.80. The van der Waals surface area contributed by atoms with Crippen LogP contribution in [0.2, 0.25) is 0 Å². The van der Waals surface area contributed by atoms with Gasteiger partial charge in [-0.3, -0.25) is 4.79 Å². The van der Waals surface area contributed by atoms with E-state index < -0.39 is 0 Å². The lowest BCUT2D eigenvalue weighted by atomic mass is 9.98. The second-order valence-corrected chi connectivity index (χ2v) is 5.24. The summed E-state index contributed by atoms with van der Waals surface area (Å²) in [5, 5.41) is 6.31. The van der Waals surface area contributed by atoms with Gasteiger partial charge in [-0.15, -0.1) is 0 Å². The van der Waals surface area contributed by atoms with E-state index in [0.29, 0.717) is 12.3 Å². The first-order chi connectivity index (χ1) is 8.11. The number of rotatable bonds is 6. The molecule has 4 nitrogen and oxygen atoms in total. The number of hydrogen-bond acceptors (Lipinski definition) is 3. The van der Waals surface area contributed by atoms with Crippen molar-refractivity contribution in [3.05, 3.63) is 0 Å². The van der Waals surface area contributed by atoms with Crippen molar-refractivity contribution in [2.45, 2.75) is 39.2 Å². The molecule has 2 N–H and O–H groups in total. The maximum Gasteiger partial charge on any atom is 0.221 e. The molecule has 1 amide bonds. The largest absolute Gasteiger partial charge is 0.356 e. The van der Waals surface area contributed by atoms with Crippen LogP contribution >= 0.6 is 0 Å². The Morgan fingerprint density at radius 3 is 2.94 bits per heavy atom. The molecule has 2 atom stereocenters. The minimum atomic E-state index is 0.173. The third kappa shape index (κ3) is 6.03. The maximum atomic E-state index is 11.7. The molecule has 1 fully saturated rings. The van der Waals surface area contributed by atoms with Crippen molar-refractivity contribution in [3.8, 4) is 0 Å². The van der Waals surface area contributed by atoms with Crippen LogP contribution in [0.3, 0.4) is 0 Å². The molecule has 1 aliphatic rings. The lowest BCUT2D eigenvalue weighted by Crippen LogP contribution is -2.40. The highest BCUT2D eigenvalue weighted by molar-refractivity contribution is 5.76. The van der Waals surface area contributed by atoms with Gasteiger partial charge in [0, 0.05) is 25.6 Å². The maximum absolute atomic E-state index is 11.7. The van der Waals surface area contributed by atoms with Crippen LogP contribution in [0.5, 0.6) is 0 Å². The number of carbonyl (C=O) groups excluding carboxylic acids is 1. The molecule has 0 aromatic rings. The number of piperidine rings is 1. The number of nitrogens with zero attached hydrogens (tertiary/aromatic N) is 1. The summed E-state index contributed by atoms with van der Waals surface area (Å²) in [4.78, 5) is 14.0. The lowest BCUT2D eigenvalue weighted by molar-refractivity contribution is -0.121. The molecule has 0 radical (unpaired) electrons. The minimum absolute atomic E-state index is 0.173. The van der Waals surface area contributed by atoms with Gasteiger partial charge >= 0.3 is 0 Å². The predicted molar refractivity (Wildman–Crippen MR) is 71.0 cm³/mol. The molecule has 0 spiro atoms. The molecule has 1 heterocycles. The first kappa shape index (κ1) is 14.5. The Kier molecular flexibility index (Phi) is 6.52. The standard InChI is InChI=1S/C13H27N3O/c1-4-14-11(2)8-13(17)15-9-12-6-5-7-16(3)10-12/h11-12,14H,4-10H2,1-3H3,(H,15,17). The monoisotopic (exact) mass is 241 g/mol. The minimum Gasteiger partial charge on any atom is -0.356 e.